The van der Waals surface area contributed by atoms with Gasteiger partial charge in [-0.1, -0.05) is 30.3 Å². The predicted octanol–water partition coefficient (Wildman–Crippen LogP) is 7.52. The van der Waals surface area contributed by atoms with E-state index in [0.29, 0.717) is 48.8 Å². The molecule has 0 spiro atoms. The fourth-order valence-corrected chi connectivity index (χ4v) is 5.09. The predicted molar refractivity (Wildman–Crippen MR) is 170 cm³/mol. The summed E-state index contributed by atoms with van der Waals surface area (Å²) >= 11 is 19.3. The zero-order chi connectivity index (χ0) is 29.4. The van der Waals surface area contributed by atoms with E-state index in [1.54, 1.807) is 12.1 Å². The Balaban J connectivity index is 2.10. The number of carbonyl (C=O) groups excluding carboxylic acids is 1. The molecule has 0 fully saturated rings. The smallest absolute Gasteiger partial charge is 0.195 e. The lowest BCUT2D eigenvalue weighted by atomic mass is 9.98. The SMILES string of the molecule is CCN(C)c1cc(C(=O)c2ccc(O)cc2N(C)CC(Cl)c2ccccc2)cc(N(CC)CCl)c1OCC(C)Cl. The van der Waals surface area contributed by atoms with E-state index in [0.717, 1.165) is 16.9 Å². The molecule has 6 nitrogen and oxygen atoms in total. The second kappa shape index (κ2) is 14.7. The highest BCUT2D eigenvalue weighted by Gasteiger charge is 2.25. The Labute approximate surface area is 253 Å². The molecule has 216 valence electrons. The molecule has 0 saturated carbocycles. The average Bonchev–Trinajstić information content (AvgIpc) is 2.96. The van der Waals surface area contributed by atoms with Gasteiger partial charge < -0.3 is 24.5 Å². The molecular formula is C31H38Cl3N3O3. The molecule has 0 heterocycles. The third-order valence-corrected chi connectivity index (χ3v) is 7.56. The number of nitrogens with zero attached hydrogens (tertiary/aromatic N) is 3. The van der Waals surface area contributed by atoms with Gasteiger partial charge in [-0.2, -0.15) is 0 Å². The monoisotopic (exact) mass is 605 g/mol. The lowest BCUT2D eigenvalue weighted by Crippen LogP contribution is -2.26. The molecule has 0 amide bonds. The molecule has 0 aliphatic rings. The molecule has 3 aromatic carbocycles. The van der Waals surface area contributed by atoms with Crippen molar-refractivity contribution in [2.45, 2.75) is 31.5 Å². The minimum Gasteiger partial charge on any atom is -0.508 e. The number of aromatic hydroxyl groups is 1. The summed E-state index contributed by atoms with van der Waals surface area (Å²) in [5.41, 5.74) is 3.97. The van der Waals surface area contributed by atoms with Crippen LogP contribution in [0.25, 0.3) is 0 Å². The van der Waals surface area contributed by atoms with Gasteiger partial charge in [-0.25, -0.2) is 0 Å². The molecule has 0 aromatic heterocycles. The first-order valence-corrected chi connectivity index (χ1v) is 14.8. The first kappa shape index (κ1) is 31.7. The van der Waals surface area contributed by atoms with E-state index in [-0.39, 0.29) is 28.3 Å². The van der Waals surface area contributed by atoms with Crippen LogP contribution in [0.5, 0.6) is 11.5 Å². The van der Waals surface area contributed by atoms with Crippen LogP contribution in [0.15, 0.2) is 60.7 Å². The van der Waals surface area contributed by atoms with Crippen LogP contribution in [0.1, 0.15) is 47.6 Å². The van der Waals surface area contributed by atoms with Gasteiger partial charge in [0.25, 0.3) is 0 Å². The number of carbonyl (C=O) groups is 1. The lowest BCUT2D eigenvalue weighted by molar-refractivity contribution is 0.103. The number of alkyl halides is 3. The van der Waals surface area contributed by atoms with E-state index >= 15 is 0 Å². The van der Waals surface area contributed by atoms with Gasteiger partial charge in [0.1, 0.15) is 12.4 Å². The molecule has 9 heteroatoms. The number of likely N-dealkylation sites (N-methyl/N-ethyl adjacent to an activating group) is 1. The number of ketones is 1. The molecular weight excluding hydrogens is 569 g/mol. The van der Waals surface area contributed by atoms with Crippen LogP contribution >= 0.6 is 34.8 Å². The Morgan fingerprint density at radius 1 is 0.925 bits per heavy atom. The zero-order valence-corrected chi connectivity index (χ0v) is 26.0. The van der Waals surface area contributed by atoms with E-state index in [1.807, 2.05) is 92.0 Å². The number of benzene rings is 3. The molecule has 0 aliphatic carbocycles. The van der Waals surface area contributed by atoms with Gasteiger partial charge in [-0.15, -0.1) is 34.8 Å². The number of hydrogen-bond donors (Lipinski definition) is 1. The lowest BCUT2D eigenvalue weighted by Gasteiger charge is -2.29. The van der Waals surface area contributed by atoms with Crippen LogP contribution in [-0.2, 0) is 0 Å². The minimum absolute atomic E-state index is 0.0644. The van der Waals surface area contributed by atoms with Crippen LogP contribution in [0.3, 0.4) is 0 Å². The fraction of sp³-hybridized carbons (Fsp3) is 0.387. The largest absolute Gasteiger partial charge is 0.508 e. The molecule has 2 unspecified atom stereocenters. The van der Waals surface area contributed by atoms with Gasteiger partial charge >= 0.3 is 0 Å². The topological polar surface area (TPSA) is 56.3 Å². The summed E-state index contributed by atoms with van der Waals surface area (Å²) < 4.78 is 6.20. The third kappa shape index (κ3) is 7.68. The summed E-state index contributed by atoms with van der Waals surface area (Å²) in [6, 6.07) is 18.4. The van der Waals surface area contributed by atoms with Gasteiger partial charge in [0.15, 0.2) is 11.5 Å². The maximum absolute atomic E-state index is 14.2. The highest BCUT2D eigenvalue weighted by atomic mass is 35.5. The van der Waals surface area contributed by atoms with Crippen molar-refractivity contribution in [3.63, 3.8) is 0 Å². The van der Waals surface area contributed by atoms with Crippen LogP contribution in [0.4, 0.5) is 17.1 Å². The van der Waals surface area contributed by atoms with Gasteiger partial charge in [0.2, 0.25) is 0 Å². The zero-order valence-electron chi connectivity index (χ0n) is 23.7. The van der Waals surface area contributed by atoms with E-state index in [1.165, 1.54) is 6.07 Å². The summed E-state index contributed by atoms with van der Waals surface area (Å²) in [6.07, 6.45) is 0. The number of ether oxygens (including phenoxy) is 1. The molecule has 0 bridgehead atoms. The maximum atomic E-state index is 14.2. The van der Waals surface area contributed by atoms with Crippen molar-refractivity contribution in [1.82, 2.24) is 0 Å². The third-order valence-electron chi connectivity index (χ3n) is 6.75. The molecule has 3 aromatic rings. The Morgan fingerprint density at radius 3 is 2.20 bits per heavy atom. The summed E-state index contributed by atoms with van der Waals surface area (Å²) in [7, 11) is 3.81. The van der Waals surface area contributed by atoms with Crippen molar-refractivity contribution in [3.8, 4) is 11.5 Å². The standard InChI is InChI=1S/C31H38Cl3N3O3/c1-6-35(4)28-15-23(16-29(37(7-2)20-32)31(28)40-19-21(3)33)30(39)25-14-13-24(38)17-27(25)36(5)18-26(34)22-11-9-8-10-12-22/h8-17,21,26,38H,6-7,18-20H2,1-5H3. The highest BCUT2D eigenvalue weighted by molar-refractivity contribution is 6.21. The van der Waals surface area contributed by atoms with Gasteiger partial charge in [-0.3, -0.25) is 4.79 Å². The van der Waals surface area contributed by atoms with E-state index < -0.39 is 0 Å². The van der Waals surface area contributed by atoms with Crippen LogP contribution < -0.4 is 19.4 Å². The van der Waals surface area contributed by atoms with Crippen molar-refractivity contribution < 1.29 is 14.6 Å². The second-order valence-corrected chi connectivity index (χ2v) is 11.2. The number of phenolic OH excluding ortho intramolecular Hbond substituents is 1. The summed E-state index contributed by atoms with van der Waals surface area (Å²) in [6.45, 7) is 7.95. The van der Waals surface area contributed by atoms with E-state index in [2.05, 4.69) is 0 Å². The second-order valence-electron chi connectivity index (χ2n) is 9.71. The number of anilines is 3. The van der Waals surface area contributed by atoms with Gasteiger partial charge in [-0.05, 0) is 50.6 Å². The molecule has 1 N–H and O–H groups in total. The fourth-order valence-electron chi connectivity index (χ4n) is 4.37. The highest BCUT2D eigenvalue weighted by Crippen LogP contribution is 2.41. The Morgan fingerprint density at radius 2 is 1.60 bits per heavy atom. The van der Waals surface area contributed by atoms with E-state index in [9.17, 15) is 9.90 Å². The average molecular weight is 607 g/mol. The Bertz CT molecular complexity index is 1270. The molecule has 3 rings (SSSR count). The number of hydrogen-bond acceptors (Lipinski definition) is 6. The van der Waals surface area contributed by atoms with Crippen LogP contribution in [-0.4, -0.2) is 62.6 Å². The van der Waals surface area contributed by atoms with Crippen molar-refractivity contribution in [2.75, 3.05) is 61.0 Å². The van der Waals surface area contributed by atoms with Crippen LogP contribution in [0.2, 0.25) is 0 Å². The first-order valence-electron chi connectivity index (χ1n) is 13.4. The maximum Gasteiger partial charge on any atom is 0.195 e. The quantitative estimate of drug-likeness (QED) is 0.116. The Hall–Kier alpha value is -2.80. The van der Waals surface area contributed by atoms with E-state index in [4.69, 9.17) is 39.5 Å². The number of rotatable bonds is 14. The van der Waals surface area contributed by atoms with Gasteiger partial charge in [0.05, 0.1) is 33.8 Å². The Kier molecular flexibility index (Phi) is 11.7. The van der Waals surface area contributed by atoms with Gasteiger partial charge in [0, 0.05) is 50.9 Å². The number of halogens is 3. The normalized spacial score (nSPS) is 12.5. The summed E-state index contributed by atoms with van der Waals surface area (Å²) in [4.78, 5) is 20.0. The molecule has 2 atom stereocenters. The van der Waals surface area contributed by atoms with Crippen molar-refractivity contribution in [1.29, 1.82) is 0 Å². The first-order chi connectivity index (χ1) is 19.1. The molecule has 0 saturated heterocycles. The summed E-state index contributed by atoms with van der Waals surface area (Å²) in [5, 5.41) is 9.83. The number of phenols is 1. The summed E-state index contributed by atoms with van der Waals surface area (Å²) in [5.74, 6) is 0.504. The van der Waals surface area contributed by atoms with Crippen molar-refractivity contribution in [2.24, 2.45) is 0 Å². The molecule has 40 heavy (non-hydrogen) atoms. The van der Waals surface area contributed by atoms with Crippen LogP contribution in [0, 0.1) is 0 Å². The van der Waals surface area contributed by atoms with Crippen molar-refractivity contribution >= 4 is 57.6 Å². The molecule has 0 aliphatic heterocycles. The minimum atomic E-state index is -0.310. The molecule has 0 radical (unpaired) electrons. The van der Waals surface area contributed by atoms with Crippen molar-refractivity contribution in [3.05, 3.63) is 77.4 Å².